The van der Waals surface area contributed by atoms with Crippen LogP contribution >= 0.6 is 27.3 Å². The third kappa shape index (κ3) is 3.30. The summed E-state index contributed by atoms with van der Waals surface area (Å²) in [5.74, 6) is 1.79. The predicted octanol–water partition coefficient (Wildman–Crippen LogP) is 4.67. The Labute approximate surface area is 111 Å². The summed E-state index contributed by atoms with van der Waals surface area (Å²) >= 11 is 5.66. The fraction of sp³-hybridized carbons (Fsp3) is 0.769. The van der Waals surface area contributed by atoms with Crippen LogP contribution in [0, 0.1) is 11.8 Å². The van der Waals surface area contributed by atoms with Gasteiger partial charge in [0.05, 0.1) is 5.51 Å². The Morgan fingerprint density at radius 2 is 2.38 bits per heavy atom. The summed E-state index contributed by atoms with van der Waals surface area (Å²) in [4.78, 5) is 6.35. The smallest absolute Gasteiger partial charge is 0.0794 e. The van der Waals surface area contributed by atoms with Gasteiger partial charge in [0, 0.05) is 15.9 Å². The van der Waals surface area contributed by atoms with Crippen molar-refractivity contribution in [2.45, 2.75) is 50.3 Å². The monoisotopic (exact) mass is 301 g/mol. The van der Waals surface area contributed by atoms with Crippen LogP contribution in [0.2, 0.25) is 0 Å². The molecule has 3 unspecified atom stereocenters. The van der Waals surface area contributed by atoms with E-state index >= 15 is 0 Å². The van der Waals surface area contributed by atoms with Crippen LogP contribution < -0.4 is 0 Å². The van der Waals surface area contributed by atoms with Crippen LogP contribution in [0.3, 0.4) is 0 Å². The summed E-state index contributed by atoms with van der Waals surface area (Å²) in [6, 6.07) is 0. The highest BCUT2D eigenvalue weighted by Gasteiger charge is 2.28. The van der Waals surface area contributed by atoms with Crippen molar-refractivity contribution in [1.29, 1.82) is 0 Å². The molecule has 1 saturated carbocycles. The Morgan fingerprint density at radius 1 is 1.50 bits per heavy atom. The second kappa shape index (κ2) is 6.15. The number of rotatable bonds is 4. The van der Waals surface area contributed by atoms with E-state index < -0.39 is 0 Å². The van der Waals surface area contributed by atoms with Gasteiger partial charge in [-0.05, 0) is 37.5 Å². The van der Waals surface area contributed by atoms with Gasteiger partial charge < -0.3 is 0 Å². The van der Waals surface area contributed by atoms with E-state index in [-0.39, 0.29) is 0 Å². The van der Waals surface area contributed by atoms with Crippen molar-refractivity contribution in [3.05, 3.63) is 16.6 Å². The highest BCUT2D eigenvalue weighted by Crippen LogP contribution is 2.38. The third-order valence-corrected chi connectivity index (χ3v) is 5.65. The quantitative estimate of drug-likeness (QED) is 0.737. The molecule has 1 fully saturated rings. The molecule has 0 amide bonds. The van der Waals surface area contributed by atoms with Crippen LogP contribution in [0.5, 0.6) is 0 Å². The Morgan fingerprint density at radius 3 is 3.06 bits per heavy atom. The van der Waals surface area contributed by atoms with Gasteiger partial charge in [-0.3, -0.25) is 4.98 Å². The number of aromatic nitrogens is 1. The zero-order chi connectivity index (χ0) is 11.4. The molecule has 1 heterocycles. The van der Waals surface area contributed by atoms with Gasteiger partial charge in [-0.1, -0.05) is 35.7 Å². The molecule has 1 aliphatic rings. The minimum Gasteiger partial charge on any atom is -0.253 e. The van der Waals surface area contributed by atoms with Crippen molar-refractivity contribution in [3.63, 3.8) is 0 Å². The van der Waals surface area contributed by atoms with Crippen molar-refractivity contribution in [2.75, 3.05) is 0 Å². The average Bonchev–Trinajstić information content (AvgIpc) is 2.76. The normalized spacial score (nSPS) is 30.5. The number of thiazole rings is 1. The number of hydrogen-bond donors (Lipinski definition) is 0. The number of hydrogen-bond acceptors (Lipinski definition) is 2. The molecule has 90 valence electrons. The molecule has 0 spiro atoms. The number of alkyl halides is 1. The molecule has 2 rings (SSSR count). The van der Waals surface area contributed by atoms with E-state index in [2.05, 4.69) is 27.8 Å². The lowest BCUT2D eigenvalue weighted by atomic mass is 9.78. The highest BCUT2D eigenvalue weighted by molar-refractivity contribution is 9.09. The first-order chi connectivity index (χ1) is 7.79. The van der Waals surface area contributed by atoms with E-state index in [4.69, 9.17) is 0 Å². The van der Waals surface area contributed by atoms with Crippen molar-refractivity contribution in [2.24, 2.45) is 11.8 Å². The molecule has 0 radical (unpaired) electrons. The first-order valence-corrected chi connectivity index (χ1v) is 8.10. The van der Waals surface area contributed by atoms with E-state index in [1.807, 2.05) is 11.7 Å². The summed E-state index contributed by atoms with van der Waals surface area (Å²) in [7, 11) is 0. The molecular weight excluding hydrogens is 282 g/mol. The van der Waals surface area contributed by atoms with Gasteiger partial charge in [0.1, 0.15) is 0 Å². The molecular formula is C13H20BrNS. The zero-order valence-electron chi connectivity index (χ0n) is 9.86. The minimum absolute atomic E-state index is 0.725. The maximum Gasteiger partial charge on any atom is 0.0794 e. The van der Waals surface area contributed by atoms with Gasteiger partial charge in [-0.2, -0.15) is 0 Å². The minimum atomic E-state index is 0.725. The predicted molar refractivity (Wildman–Crippen MR) is 74.3 cm³/mol. The third-order valence-electron chi connectivity index (χ3n) is 3.64. The van der Waals surface area contributed by atoms with Crippen LogP contribution in [0.4, 0.5) is 0 Å². The highest BCUT2D eigenvalue weighted by atomic mass is 79.9. The zero-order valence-corrected chi connectivity index (χ0v) is 12.3. The summed E-state index contributed by atoms with van der Waals surface area (Å²) in [6.45, 7) is 2.30. The molecule has 0 aromatic carbocycles. The van der Waals surface area contributed by atoms with Gasteiger partial charge in [0.15, 0.2) is 0 Å². The molecule has 1 nitrogen and oxygen atoms in total. The topological polar surface area (TPSA) is 12.9 Å². The lowest BCUT2D eigenvalue weighted by molar-refractivity contribution is 0.264. The average molecular weight is 302 g/mol. The van der Waals surface area contributed by atoms with Gasteiger partial charge >= 0.3 is 0 Å². The van der Waals surface area contributed by atoms with Crippen molar-refractivity contribution in [3.8, 4) is 0 Å². The SMILES string of the molecule is CCCC1CCC(Br)C(Cc2cncs2)C1. The Hall–Kier alpha value is 0.110. The van der Waals surface area contributed by atoms with Crippen LogP contribution in [0.1, 0.15) is 43.9 Å². The molecule has 0 saturated heterocycles. The summed E-state index contributed by atoms with van der Waals surface area (Å²) in [6.07, 6.45) is 10.2. The van der Waals surface area contributed by atoms with E-state index in [0.29, 0.717) is 0 Å². The number of nitrogens with zero attached hydrogens (tertiary/aromatic N) is 1. The van der Waals surface area contributed by atoms with E-state index in [1.165, 1.54) is 43.4 Å². The first kappa shape index (κ1) is 12.6. The Bertz CT molecular complexity index is 299. The van der Waals surface area contributed by atoms with Crippen molar-refractivity contribution < 1.29 is 0 Å². The molecule has 0 aliphatic heterocycles. The molecule has 0 bridgehead atoms. The fourth-order valence-corrected chi connectivity index (χ4v) is 4.16. The second-order valence-corrected chi connectivity index (χ2v) is 7.06. The lowest BCUT2D eigenvalue weighted by Gasteiger charge is -2.33. The summed E-state index contributed by atoms with van der Waals surface area (Å²) in [5.41, 5.74) is 1.95. The molecule has 1 aromatic heterocycles. The van der Waals surface area contributed by atoms with Gasteiger partial charge in [0.2, 0.25) is 0 Å². The second-order valence-electron chi connectivity index (χ2n) is 4.92. The van der Waals surface area contributed by atoms with Crippen molar-refractivity contribution >= 4 is 27.3 Å². The molecule has 1 aliphatic carbocycles. The number of halogens is 1. The lowest BCUT2D eigenvalue weighted by Crippen LogP contribution is -2.26. The van der Waals surface area contributed by atoms with Crippen LogP contribution in [-0.4, -0.2) is 9.81 Å². The van der Waals surface area contributed by atoms with Crippen LogP contribution in [-0.2, 0) is 6.42 Å². The van der Waals surface area contributed by atoms with Gasteiger partial charge in [-0.15, -0.1) is 11.3 Å². The first-order valence-electron chi connectivity index (χ1n) is 6.31. The van der Waals surface area contributed by atoms with Crippen LogP contribution in [0.15, 0.2) is 11.7 Å². The molecule has 1 aromatic rings. The standard InChI is InChI=1S/C13H20BrNS/c1-2-3-10-4-5-13(14)11(6-10)7-12-8-15-9-16-12/h8-11,13H,2-7H2,1H3. The Kier molecular flexibility index (Phi) is 4.83. The molecule has 0 N–H and O–H groups in total. The van der Waals surface area contributed by atoms with Crippen LogP contribution in [0.25, 0.3) is 0 Å². The van der Waals surface area contributed by atoms with Gasteiger partial charge in [-0.25, -0.2) is 0 Å². The van der Waals surface area contributed by atoms with E-state index in [0.717, 1.165) is 16.7 Å². The van der Waals surface area contributed by atoms with E-state index in [1.54, 1.807) is 11.3 Å². The maximum atomic E-state index is 4.17. The largest absolute Gasteiger partial charge is 0.253 e. The van der Waals surface area contributed by atoms with Gasteiger partial charge in [0.25, 0.3) is 0 Å². The molecule has 3 heteroatoms. The Balaban J connectivity index is 1.91. The molecule has 3 atom stereocenters. The summed E-state index contributed by atoms with van der Waals surface area (Å²) in [5, 5.41) is 0. The molecule has 16 heavy (non-hydrogen) atoms. The van der Waals surface area contributed by atoms with Crippen molar-refractivity contribution in [1.82, 2.24) is 4.98 Å². The fourth-order valence-electron chi connectivity index (χ4n) is 2.81. The summed E-state index contributed by atoms with van der Waals surface area (Å²) < 4.78 is 0. The maximum absolute atomic E-state index is 4.17. The van der Waals surface area contributed by atoms with E-state index in [9.17, 15) is 0 Å².